The Bertz CT molecular complexity index is 643. The second-order valence-corrected chi connectivity index (χ2v) is 4.87. The molecule has 0 atom stereocenters. The zero-order chi connectivity index (χ0) is 16.5. The molecule has 0 saturated carbocycles. The molecule has 23 heavy (non-hydrogen) atoms. The summed E-state index contributed by atoms with van der Waals surface area (Å²) < 4.78 is 15.8. The molecule has 1 aromatic carbocycles. The van der Waals surface area contributed by atoms with Gasteiger partial charge in [-0.25, -0.2) is 0 Å². The number of furan rings is 1. The first-order valence-corrected chi connectivity index (χ1v) is 7.56. The predicted octanol–water partition coefficient (Wildman–Crippen LogP) is 2.82. The minimum atomic E-state index is -0.406. The van der Waals surface area contributed by atoms with Crippen LogP contribution in [-0.2, 0) is 4.74 Å². The highest BCUT2D eigenvalue weighted by atomic mass is 32.1. The van der Waals surface area contributed by atoms with Gasteiger partial charge in [-0.15, -0.1) is 0 Å². The monoisotopic (exact) mass is 334 g/mol. The van der Waals surface area contributed by atoms with E-state index < -0.39 is 5.91 Å². The molecule has 1 heterocycles. The molecule has 7 heteroatoms. The maximum Gasteiger partial charge on any atom is 0.293 e. The minimum Gasteiger partial charge on any atom is -0.491 e. The lowest BCUT2D eigenvalue weighted by atomic mass is 10.3. The van der Waals surface area contributed by atoms with Gasteiger partial charge in [0.05, 0.1) is 12.9 Å². The van der Waals surface area contributed by atoms with Gasteiger partial charge in [0, 0.05) is 18.4 Å². The van der Waals surface area contributed by atoms with Crippen molar-refractivity contribution in [3.05, 3.63) is 48.4 Å². The molecule has 1 aromatic heterocycles. The molecule has 0 aliphatic rings. The molecule has 0 spiro atoms. The van der Waals surface area contributed by atoms with Crippen LogP contribution in [0.4, 0.5) is 5.69 Å². The zero-order valence-corrected chi connectivity index (χ0v) is 13.5. The Morgan fingerprint density at radius 1 is 1.26 bits per heavy atom. The van der Waals surface area contributed by atoms with Gasteiger partial charge in [0.15, 0.2) is 10.9 Å². The lowest BCUT2D eigenvalue weighted by Crippen LogP contribution is -2.33. The van der Waals surface area contributed by atoms with E-state index >= 15 is 0 Å². The number of carbonyl (C=O) groups excluding carboxylic acids is 1. The van der Waals surface area contributed by atoms with Crippen molar-refractivity contribution in [2.75, 3.05) is 25.1 Å². The van der Waals surface area contributed by atoms with E-state index in [1.165, 1.54) is 6.26 Å². The van der Waals surface area contributed by atoms with Crippen LogP contribution in [0.5, 0.6) is 5.75 Å². The van der Waals surface area contributed by atoms with Crippen molar-refractivity contribution >= 4 is 28.9 Å². The lowest BCUT2D eigenvalue weighted by molar-refractivity contribution is 0.0950. The molecule has 0 saturated heterocycles. The highest BCUT2D eigenvalue weighted by Crippen LogP contribution is 2.17. The highest BCUT2D eigenvalue weighted by Gasteiger charge is 2.10. The van der Waals surface area contributed by atoms with Gasteiger partial charge in [0.25, 0.3) is 5.91 Å². The number of rotatable bonds is 7. The average Bonchev–Trinajstić information content (AvgIpc) is 3.06. The Balaban J connectivity index is 1.84. The van der Waals surface area contributed by atoms with Crippen molar-refractivity contribution in [3.8, 4) is 5.75 Å². The van der Waals surface area contributed by atoms with Crippen LogP contribution in [0.3, 0.4) is 0 Å². The fourth-order valence-electron chi connectivity index (χ4n) is 1.76. The largest absolute Gasteiger partial charge is 0.491 e. The van der Waals surface area contributed by atoms with Crippen LogP contribution in [0.2, 0.25) is 0 Å². The number of hydrogen-bond acceptors (Lipinski definition) is 5. The van der Waals surface area contributed by atoms with E-state index in [2.05, 4.69) is 10.6 Å². The van der Waals surface area contributed by atoms with Crippen LogP contribution in [0.1, 0.15) is 17.5 Å². The Morgan fingerprint density at radius 3 is 2.87 bits per heavy atom. The SMILES string of the molecule is CCOCCOc1cccc(NC(=S)NC(=O)c2ccco2)c1. The van der Waals surface area contributed by atoms with E-state index in [4.69, 9.17) is 26.1 Å². The molecular weight excluding hydrogens is 316 g/mol. The number of carbonyl (C=O) groups is 1. The third kappa shape index (κ3) is 5.72. The molecular formula is C16H18N2O4S. The van der Waals surface area contributed by atoms with Gasteiger partial charge in [-0.2, -0.15) is 0 Å². The van der Waals surface area contributed by atoms with Crippen molar-refractivity contribution < 1.29 is 18.7 Å². The standard InChI is InChI=1S/C16H18N2O4S/c1-2-20-9-10-21-13-6-3-5-12(11-13)17-16(23)18-15(19)14-7-4-8-22-14/h3-8,11H,2,9-10H2,1H3,(H2,17,18,19,23). The van der Waals surface area contributed by atoms with Gasteiger partial charge in [-0.3, -0.25) is 10.1 Å². The van der Waals surface area contributed by atoms with Crippen molar-refractivity contribution in [2.24, 2.45) is 0 Å². The molecule has 0 aliphatic heterocycles. The summed E-state index contributed by atoms with van der Waals surface area (Å²) >= 11 is 5.11. The number of anilines is 1. The fraction of sp³-hybridized carbons (Fsp3) is 0.250. The average molecular weight is 334 g/mol. The van der Waals surface area contributed by atoms with Crippen LogP contribution < -0.4 is 15.4 Å². The molecule has 1 amide bonds. The molecule has 0 fully saturated rings. The molecule has 0 unspecified atom stereocenters. The van der Waals surface area contributed by atoms with Crippen molar-refractivity contribution in [3.63, 3.8) is 0 Å². The summed E-state index contributed by atoms with van der Waals surface area (Å²) in [4.78, 5) is 11.8. The maximum atomic E-state index is 11.8. The summed E-state index contributed by atoms with van der Waals surface area (Å²) in [6, 6.07) is 10.5. The number of thiocarbonyl (C=S) groups is 1. The van der Waals surface area contributed by atoms with Gasteiger partial charge < -0.3 is 19.2 Å². The van der Waals surface area contributed by atoms with Crippen LogP contribution in [0, 0.1) is 0 Å². The Labute approximate surface area is 139 Å². The van der Waals surface area contributed by atoms with E-state index in [9.17, 15) is 4.79 Å². The van der Waals surface area contributed by atoms with Crippen LogP contribution in [0.25, 0.3) is 0 Å². The van der Waals surface area contributed by atoms with E-state index in [0.717, 1.165) is 0 Å². The Hall–Kier alpha value is -2.38. The zero-order valence-electron chi connectivity index (χ0n) is 12.7. The summed E-state index contributed by atoms with van der Waals surface area (Å²) in [5, 5.41) is 5.64. The molecule has 0 radical (unpaired) electrons. The van der Waals surface area contributed by atoms with Gasteiger partial charge in [-0.05, 0) is 43.4 Å². The Kier molecular flexibility index (Phi) is 6.58. The second kappa shape index (κ2) is 8.92. The van der Waals surface area contributed by atoms with E-state index in [1.807, 2.05) is 25.1 Å². The van der Waals surface area contributed by atoms with Gasteiger partial charge >= 0.3 is 0 Å². The van der Waals surface area contributed by atoms with Crippen molar-refractivity contribution in [1.82, 2.24) is 5.32 Å². The van der Waals surface area contributed by atoms with Gasteiger partial charge in [0.1, 0.15) is 12.4 Å². The van der Waals surface area contributed by atoms with Crippen LogP contribution in [0.15, 0.2) is 47.1 Å². The third-order valence-corrected chi connectivity index (χ3v) is 2.97. The number of amides is 1. The molecule has 0 bridgehead atoms. The molecule has 2 rings (SSSR count). The lowest BCUT2D eigenvalue weighted by Gasteiger charge is -2.11. The summed E-state index contributed by atoms with van der Waals surface area (Å²) in [7, 11) is 0. The summed E-state index contributed by atoms with van der Waals surface area (Å²) in [6.07, 6.45) is 1.43. The molecule has 2 N–H and O–H groups in total. The smallest absolute Gasteiger partial charge is 0.293 e. The molecule has 122 valence electrons. The van der Waals surface area contributed by atoms with E-state index in [-0.39, 0.29) is 10.9 Å². The van der Waals surface area contributed by atoms with Crippen molar-refractivity contribution in [1.29, 1.82) is 0 Å². The molecule has 2 aromatic rings. The van der Waals surface area contributed by atoms with E-state index in [1.54, 1.807) is 18.2 Å². The number of ether oxygens (including phenoxy) is 2. The quantitative estimate of drug-likeness (QED) is 0.599. The summed E-state index contributed by atoms with van der Waals surface area (Å²) in [5.74, 6) is 0.480. The number of hydrogen-bond donors (Lipinski definition) is 2. The first-order valence-electron chi connectivity index (χ1n) is 7.15. The van der Waals surface area contributed by atoms with E-state index in [0.29, 0.717) is 31.3 Å². The molecule has 6 nitrogen and oxygen atoms in total. The normalized spacial score (nSPS) is 10.1. The minimum absolute atomic E-state index is 0.179. The first kappa shape index (κ1) is 17.0. The van der Waals surface area contributed by atoms with Gasteiger partial charge in [-0.1, -0.05) is 6.07 Å². The topological polar surface area (TPSA) is 72.7 Å². The molecule has 0 aliphatic carbocycles. The highest BCUT2D eigenvalue weighted by molar-refractivity contribution is 7.80. The first-order chi connectivity index (χ1) is 11.2. The summed E-state index contributed by atoms with van der Waals surface area (Å²) in [6.45, 7) is 3.60. The van der Waals surface area contributed by atoms with Gasteiger partial charge in [0.2, 0.25) is 0 Å². The number of benzene rings is 1. The summed E-state index contributed by atoms with van der Waals surface area (Å²) in [5.41, 5.74) is 0.712. The van der Waals surface area contributed by atoms with Crippen LogP contribution >= 0.6 is 12.2 Å². The Morgan fingerprint density at radius 2 is 2.13 bits per heavy atom. The van der Waals surface area contributed by atoms with Crippen LogP contribution in [-0.4, -0.2) is 30.8 Å². The van der Waals surface area contributed by atoms with Crippen molar-refractivity contribution in [2.45, 2.75) is 6.92 Å². The second-order valence-electron chi connectivity index (χ2n) is 4.46. The maximum absolute atomic E-state index is 11.8. The fourth-order valence-corrected chi connectivity index (χ4v) is 1.97. The predicted molar refractivity (Wildman–Crippen MR) is 90.8 cm³/mol. The number of nitrogens with one attached hydrogen (secondary N) is 2. The third-order valence-electron chi connectivity index (χ3n) is 2.76.